The van der Waals surface area contributed by atoms with Crippen LogP contribution in [0.25, 0.3) is 6.08 Å². The van der Waals surface area contributed by atoms with Crippen LogP contribution in [0.15, 0.2) is 24.3 Å². The van der Waals surface area contributed by atoms with Crippen molar-refractivity contribution in [1.82, 2.24) is 0 Å². The summed E-state index contributed by atoms with van der Waals surface area (Å²) >= 11 is 3.27. The molecule has 0 aliphatic rings. The predicted octanol–water partition coefficient (Wildman–Crippen LogP) is 3.41. The van der Waals surface area contributed by atoms with Gasteiger partial charge in [0.05, 0.1) is 12.7 Å². The zero-order valence-electron chi connectivity index (χ0n) is 8.87. The van der Waals surface area contributed by atoms with E-state index in [9.17, 15) is 9.18 Å². The highest BCUT2D eigenvalue weighted by Crippen LogP contribution is 2.15. The van der Waals surface area contributed by atoms with E-state index in [0.717, 1.165) is 11.8 Å². The fourth-order valence-electron chi connectivity index (χ4n) is 1.22. The van der Waals surface area contributed by atoms with E-state index in [1.807, 2.05) is 6.08 Å². The molecule has 0 bridgehead atoms. The minimum absolute atomic E-state index is 0.0384. The summed E-state index contributed by atoms with van der Waals surface area (Å²) in [5.41, 5.74) is 0.354. The summed E-state index contributed by atoms with van der Waals surface area (Å²) < 4.78 is 18.3. The van der Waals surface area contributed by atoms with E-state index in [2.05, 4.69) is 20.7 Å². The van der Waals surface area contributed by atoms with E-state index < -0.39 is 11.8 Å². The highest BCUT2D eigenvalue weighted by atomic mass is 79.9. The number of carbonyl (C=O) groups is 1. The number of methoxy groups -OCH3 is 1. The topological polar surface area (TPSA) is 26.3 Å². The van der Waals surface area contributed by atoms with Crippen molar-refractivity contribution in [2.45, 2.75) is 6.42 Å². The number of hydrogen-bond acceptors (Lipinski definition) is 2. The molecule has 0 spiro atoms. The Morgan fingerprint density at radius 1 is 1.56 bits per heavy atom. The molecule has 0 aliphatic carbocycles. The summed E-state index contributed by atoms with van der Waals surface area (Å²) in [5.74, 6) is -1.20. The van der Waals surface area contributed by atoms with Crippen LogP contribution in [0.2, 0.25) is 0 Å². The van der Waals surface area contributed by atoms with Gasteiger partial charge in [-0.3, -0.25) is 0 Å². The number of halogens is 2. The molecule has 0 N–H and O–H groups in total. The van der Waals surface area contributed by atoms with E-state index in [-0.39, 0.29) is 5.56 Å². The molecule has 4 heteroatoms. The summed E-state index contributed by atoms with van der Waals surface area (Å²) in [4.78, 5) is 11.2. The normalized spacial score (nSPS) is 10.7. The van der Waals surface area contributed by atoms with Crippen molar-refractivity contribution < 1.29 is 13.9 Å². The fourth-order valence-corrected chi connectivity index (χ4v) is 1.48. The second kappa shape index (κ2) is 6.43. The number of allylic oxidation sites excluding steroid dienone is 1. The van der Waals surface area contributed by atoms with E-state index in [4.69, 9.17) is 0 Å². The van der Waals surface area contributed by atoms with Gasteiger partial charge in [0, 0.05) is 10.9 Å². The summed E-state index contributed by atoms with van der Waals surface area (Å²) in [6, 6.07) is 4.65. The van der Waals surface area contributed by atoms with Crippen LogP contribution in [0.5, 0.6) is 0 Å². The largest absolute Gasteiger partial charge is 0.465 e. The molecule has 0 aliphatic heterocycles. The Labute approximate surface area is 102 Å². The molecule has 0 heterocycles. The van der Waals surface area contributed by atoms with Crippen molar-refractivity contribution >= 4 is 28.0 Å². The van der Waals surface area contributed by atoms with Crippen molar-refractivity contribution in [3.05, 3.63) is 41.2 Å². The van der Waals surface area contributed by atoms with Gasteiger partial charge in [-0.25, -0.2) is 9.18 Å². The van der Waals surface area contributed by atoms with Crippen molar-refractivity contribution in [1.29, 1.82) is 0 Å². The number of carbonyl (C=O) groups excluding carboxylic acids is 1. The maximum absolute atomic E-state index is 13.8. The first kappa shape index (κ1) is 12.9. The Bertz CT molecular complexity index is 402. The first-order valence-electron chi connectivity index (χ1n) is 4.80. The van der Waals surface area contributed by atoms with Gasteiger partial charge in [0.15, 0.2) is 0 Å². The fraction of sp³-hybridized carbons (Fsp3) is 0.250. The lowest BCUT2D eigenvalue weighted by atomic mass is 10.1. The molecule has 1 aromatic rings. The monoisotopic (exact) mass is 286 g/mol. The molecule has 0 fully saturated rings. The van der Waals surface area contributed by atoms with Gasteiger partial charge in [0.1, 0.15) is 5.82 Å². The first-order chi connectivity index (χ1) is 7.70. The summed E-state index contributed by atoms with van der Waals surface area (Å²) in [7, 11) is 1.23. The zero-order chi connectivity index (χ0) is 12.0. The van der Waals surface area contributed by atoms with Gasteiger partial charge in [-0.15, -0.1) is 0 Å². The molecule has 16 heavy (non-hydrogen) atoms. The number of esters is 1. The lowest BCUT2D eigenvalue weighted by Crippen LogP contribution is -2.05. The van der Waals surface area contributed by atoms with Crippen LogP contribution in [0.1, 0.15) is 22.3 Å². The van der Waals surface area contributed by atoms with Gasteiger partial charge >= 0.3 is 5.97 Å². The first-order valence-corrected chi connectivity index (χ1v) is 5.92. The lowest BCUT2D eigenvalue weighted by Gasteiger charge is -2.03. The van der Waals surface area contributed by atoms with Crippen LogP contribution in [0.3, 0.4) is 0 Å². The van der Waals surface area contributed by atoms with Gasteiger partial charge in [-0.2, -0.15) is 0 Å². The third-order valence-corrected chi connectivity index (χ3v) is 2.46. The number of hydrogen-bond donors (Lipinski definition) is 0. The van der Waals surface area contributed by atoms with Crippen molar-refractivity contribution in [3.8, 4) is 0 Å². The van der Waals surface area contributed by atoms with E-state index >= 15 is 0 Å². The van der Waals surface area contributed by atoms with E-state index in [0.29, 0.717) is 5.56 Å². The quantitative estimate of drug-likeness (QED) is 0.626. The molecule has 0 atom stereocenters. The second-order valence-corrected chi connectivity index (χ2v) is 3.87. The maximum atomic E-state index is 13.8. The zero-order valence-corrected chi connectivity index (χ0v) is 10.5. The smallest absolute Gasteiger partial charge is 0.340 e. The number of ether oxygens (including phenoxy) is 1. The SMILES string of the molecule is COC(=O)c1cccc(C=CCCBr)c1F. The Morgan fingerprint density at radius 3 is 2.94 bits per heavy atom. The third kappa shape index (κ3) is 3.17. The van der Waals surface area contributed by atoms with Gasteiger partial charge in [0.2, 0.25) is 0 Å². The summed E-state index contributed by atoms with van der Waals surface area (Å²) in [6.45, 7) is 0. The minimum atomic E-state index is -0.659. The van der Waals surface area contributed by atoms with Gasteiger partial charge in [-0.05, 0) is 12.5 Å². The van der Waals surface area contributed by atoms with Crippen molar-refractivity contribution in [2.75, 3.05) is 12.4 Å². The maximum Gasteiger partial charge on any atom is 0.340 e. The van der Waals surface area contributed by atoms with Gasteiger partial charge in [0.25, 0.3) is 0 Å². The molecule has 1 rings (SSSR count). The Morgan fingerprint density at radius 2 is 2.31 bits per heavy atom. The Hall–Kier alpha value is -1.16. The highest BCUT2D eigenvalue weighted by Gasteiger charge is 2.13. The molecule has 0 saturated heterocycles. The van der Waals surface area contributed by atoms with Crippen LogP contribution in [0.4, 0.5) is 4.39 Å². The predicted molar refractivity (Wildman–Crippen MR) is 65.2 cm³/mol. The number of benzene rings is 1. The molecular formula is C12H12BrFO2. The molecule has 1 aromatic carbocycles. The number of rotatable bonds is 4. The molecule has 0 amide bonds. The van der Waals surface area contributed by atoms with Crippen LogP contribution >= 0.6 is 15.9 Å². The summed E-state index contributed by atoms with van der Waals surface area (Å²) in [6.07, 6.45) is 4.30. The molecular weight excluding hydrogens is 275 g/mol. The van der Waals surface area contributed by atoms with E-state index in [1.54, 1.807) is 18.2 Å². The summed E-state index contributed by atoms with van der Waals surface area (Å²) in [5, 5.41) is 0.821. The molecule has 86 valence electrons. The van der Waals surface area contributed by atoms with Crippen LogP contribution < -0.4 is 0 Å². The molecule has 0 saturated carbocycles. The average molecular weight is 287 g/mol. The standard InChI is InChI=1S/C12H12BrFO2/c1-16-12(15)10-7-4-6-9(11(10)14)5-2-3-8-13/h2,4-7H,3,8H2,1H3. The molecule has 0 unspecified atom stereocenters. The molecule has 0 aromatic heterocycles. The van der Waals surface area contributed by atoms with Crippen molar-refractivity contribution in [3.63, 3.8) is 0 Å². The van der Waals surface area contributed by atoms with Crippen LogP contribution in [-0.4, -0.2) is 18.4 Å². The average Bonchev–Trinajstić information content (AvgIpc) is 2.30. The van der Waals surface area contributed by atoms with Crippen LogP contribution in [-0.2, 0) is 4.74 Å². The molecule has 0 radical (unpaired) electrons. The lowest BCUT2D eigenvalue weighted by molar-refractivity contribution is 0.0595. The minimum Gasteiger partial charge on any atom is -0.465 e. The number of alkyl halides is 1. The van der Waals surface area contributed by atoms with E-state index in [1.165, 1.54) is 13.2 Å². The van der Waals surface area contributed by atoms with Crippen molar-refractivity contribution in [2.24, 2.45) is 0 Å². The van der Waals surface area contributed by atoms with Gasteiger partial charge in [-0.1, -0.05) is 40.2 Å². The Kier molecular flexibility index (Phi) is 5.19. The van der Waals surface area contributed by atoms with Crippen LogP contribution in [0, 0.1) is 5.82 Å². The molecule has 2 nitrogen and oxygen atoms in total. The highest BCUT2D eigenvalue weighted by molar-refractivity contribution is 9.09. The second-order valence-electron chi connectivity index (χ2n) is 3.08. The van der Waals surface area contributed by atoms with Gasteiger partial charge < -0.3 is 4.74 Å². The third-order valence-electron chi connectivity index (χ3n) is 2.01. The Balaban J connectivity index is 2.99.